The van der Waals surface area contributed by atoms with Gasteiger partial charge in [-0.15, -0.1) is 0 Å². The van der Waals surface area contributed by atoms with Crippen LogP contribution in [0.5, 0.6) is 28.7 Å². The number of phenols is 2. The minimum absolute atomic E-state index is 0.0322. The molecule has 2 heterocycles. The zero-order valence-electron chi connectivity index (χ0n) is 22.8. The van der Waals surface area contributed by atoms with E-state index < -0.39 is 18.0 Å². The molecule has 0 aliphatic carbocycles. The molecule has 0 radical (unpaired) electrons. The van der Waals surface area contributed by atoms with Crippen LogP contribution in [0.1, 0.15) is 38.2 Å². The van der Waals surface area contributed by atoms with Crippen LogP contribution in [0.2, 0.25) is 0 Å². The van der Waals surface area contributed by atoms with Gasteiger partial charge in [0.1, 0.15) is 28.7 Å². The Morgan fingerprint density at radius 3 is 2.00 bits per heavy atom. The van der Waals surface area contributed by atoms with Crippen molar-refractivity contribution in [3.05, 3.63) is 149 Å². The molecule has 0 saturated carbocycles. The molecule has 43 heavy (non-hydrogen) atoms. The van der Waals surface area contributed by atoms with Gasteiger partial charge in [-0.3, -0.25) is 0 Å². The molecule has 2 aliphatic rings. The van der Waals surface area contributed by atoms with Gasteiger partial charge in [-0.25, -0.2) is 4.79 Å². The van der Waals surface area contributed by atoms with E-state index in [2.05, 4.69) is 0 Å². The fourth-order valence-electron chi connectivity index (χ4n) is 5.54. The van der Waals surface area contributed by atoms with Gasteiger partial charge in [0.2, 0.25) is 0 Å². The Labute approximate surface area is 247 Å². The van der Waals surface area contributed by atoms with Crippen LogP contribution >= 0.6 is 0 Å². The summed E-state index contributed by atoms with van der Waals surface area (Å²) >= 11 is 0. The summed E-state index contributed by atoms with van der Waals surface area (Å²) in [5, 5.41) is 21.0. The summed E-state index contributed by atoms with van der Waals surface area (Å²) in [6, 6.07) is 33.7. The maximum absolute atomic E-state index is 13.3. The Morgan fingerprint density at radius 1 is 0.674 bits per heavy atom. The normalized spacial score (nSPS) is 16.3. The number of hydrogen-bond donors (Lipinski definition) is 2. The maximum Gasteiger partial charge on any atom is 0.340 e. The molecule has 7 rings (SSSR count). The predicted molar refractivity (Wildman–Crippen MR) is 155 cm³/mol. The Bertz CT molecular complexity index is 1760. The summed E-state index contributed by atoms with van der Waals surface area (Å²) in [5.41, 5.74) is 2.09. The van der Waals surface area contributed by atoms with Crippen LogP contribution in [0.15, 0.2) is 115 Å². The second kappa shape index (κ2) is 10.8. The molecular formula is C35H26O8. The third-order valence-corrected chi connectivity index (χ3v) is 7.42. The standard InChI is InChI=1S/C35H26O8/c36-24-15-16-28-29(17-24)41-30-18-25(37)19-31(32(30)35(28)27-14-8-7-13-26(27)33(38)43-35)42-34(39-20-22-9-3-1-4-10-22)40-21-23-11-5-2-6-12-23/h1-19,34,36-37H,20-21H2. The third kappa shape index (κ3) is 4.82. The number of ether oxygens (including phenoxy) is 5. The Kier molecular flexibility index (Phi) is 6.69. The fraction of sp³-hybridized carbons (Fsp3) is 0.114. The molecule has 0 amide bonds. The highest BCUT2D eigenvalue weighted by Crippen LogP contribution is 2.59. The van der Waals surface area contributed by atoms with Crippen LogP contribution in [0, 0.1) is 0 Å². The van der Waals surface area contributed by atoms with Crippen LogP contribution in [0.25, 0.3) is 0 Å². The van der Waals surface area contributed by atoms with Gasteiger partial charge < -0.3 is 33.9 Å². The summed E-state index contributed by atoms with van der Waals surface area (Å²) in [7, 11) is 0. The zero-order valence-corrected chi connectivity index (χ0v) is 22.8. The van der Waals surface area contributed by atoms with Crippen LogP contribution in [-0.2, 0) is 33.0 Å². The Balaban J connectivity index is 1.34. The first-order valence-corrected chi connectivity index (χ1v) is 13.7. The van der Waals surface area contributed by atoms with E-state index >= 15 is 0 Å². The van der Waals surface area contributed by atoms with Gasteiger partial charge in [-0.05, 0) is 29.3 Å². The van der Waals surface area contributed by atoms with Gasteiger partial charge in [0.25, 0.3) is 0 Å². The molecule has 1 atom stereocenters. The number of carbonyl (C=O) groups excluding carboxylic acids is 1. The van der Waals surface area contributed by atoms with Crippen molar-refractivity contribution < 1.29 is 38.7 Å². The quantitative estimate of drug-likeness (QED) is 0.155. The molecule has 5 aromatic carbocycles. The summed E-state index contributed by atoms with van der Waals surface area (Å²) in [6.07, 6.45) is 0. The van der Waals surface area contributed by atoms with Gasteiger partial charge in [0.05, 0.1) is 24.3 Å². The number of benzene rings is 5. The number of fused-ring (bicyclic) bond motifs is 6. The van der Waals surface area contributed by atoms with E-state index in [1.54, 1.807) is 24.3 Å². The van der Waals surface area contributed by atoms with Crippen molar-refractivity contribution in [3.8, 4) is 28.7 Å². The topological polar surface area (TPSA) is 104 Å². The van der Waals surface area contributed by atoms with Crippen molar-refractivity contribution in [2.45, 2.75) is 25.3 Å². The first-order chi connectivity index (χ1) is 21.0. The molecular weight excluding hydrogens is 548 g/mol. The van der Waals surface area contributed by atoms with Gasteiger partial charge in [0, 0.05) is 29.3 Å². The highest BCUT2D eigenvalue weighted by molar-refractivity contribution is 5.97. The van der Waals surface area contributed by atoms with Crippen LogP contribution < -0.4 is 9.47 Å². The average Bonchev–Trinajstić information content (AvgIpc) is 3.31. The highest BCUT2D eigenvalue weighted by atomic mass is 16.8. The molecule has 214 valence electrons. The van der Waals surface area contributed by atoms with Crippen LogP contribution in [0.4, 0.5) is 0 Å². The monoisotopic (exact) mass is 574 g/mol. The molecule has 2 aliphatic heterocycles. The zero-order chi connectivity index (χ0) is 29.4. The third-order valence-electron chi connectivity index (χ3n) is 7.42. The lowest BCUT2D eigenvalue weighted by Gasteiger charge is -2.37. The molecule has 0 fully saturated rings. The smallest absolute Gasteiger partial charge is 0.340 e. The van der Waals surface area contributed by atoms with Crippen molar-refractivity contribution in [2.75, 3.05) is 0 Å². The average molecular weight is 575 g/mol. The molecule has 8 heteroatoms. The molecule has 5 aromatic rings. The van der Waals surface area contributed by atoms with Gasteiger partial charge in [0.15, 0.2) is 5.60 Å². The van der Waals surface area contributed by atoms with Crippen molar-refractivity contribution >= 4 is 5.97 Å². The van der Waals surface area contributed by atoms with Crippen molar-refractivity contribution in [1.82, 2.24) is 0 Å². The predicted octanol–water partition coefficient (Wildman–Crippen LogP) is 6.76. The van der Waals surface area contributed by atoms with Gasteiger partial charge in [-0.1, -0.05) is 78.9 Å². The van der Waals surface area contributed by atoms with E-state index in [9.17, 15) is 15.0 Å². The number of carbonyl (C=O) groups is 1. The second-order valence-corrected chi connectivity index (χ2v) is 10.2. The molecule has 0 aromatic heterocycles. The molecule has 0 bridgehead atoms. The lowest BCUT2D eigenvalue weighted by atomic mass is 9.77. The van der Waals surface area contributed by atoms with E-state index in [1.807, 2.05) is 66.7 Å². The minimum atomic E-state index is -1.50. The van der Waals surface area contributed by atoms with E-state index in [0.717, 1.165) is 11.1 Å². The van der Waals surface area contributed by atoms with Crippen molar-refractivity contribution in [3.63, 3.8) is 0 Å². The summed E-state index contributed by atoms with van der Waals surface area (Å²) in [6.45, 7) is -0.858. The lowest BCUT2D eigenvalue weighted by Crippen LogP contribution is -2.34. The Hall–Kier alpha value is -5.31. The number of phenolic OH excluding ortho intramolecular Hbond substituents is 2. The molecule has 1 spiro atoms. The number of rotatable bonds is 8. The van der Waals surface area contributed by atoms with Crippen LogP contribution in [-0.4, -0.2) is 22.7 Å². The molecule has 1 unspecified atom stereocenters. The van der Waals surface area contributed by atoms with Gasteiger partial charge >= 0.3 is 12.4 Å². The van der Waals surface area contributed by atoms with E-state index in [-0.39, 0.29) is 42.0 Å². The number of aromatic hydroxyl groups is 2. The summed E-state index contributed by atoms with van der Waals surface area (Å²) in [5.74, 6) is -0.137. The summed E-state index contributed by atoms with van der Waals surface area (Å²) < 4.78 is 31.0. The fourth-order valence-corrected chi connectivity index (χ4v) is 5.54. The largest absolute Gasteiger partial charge is 0.508 e. The second-order valence-electron chi connectivity index (χ2n) is 10.2. The van der Waals surface area contributed by atoms with E-state index in [0.29, 0.717) is 22.3 Å². The van der Waals surface area contributed by atoms with E-state index in [1.165, 1.54) is 24.3 Å². The molecule has 8 nitrogen and oxygen atoms in total. The first kappa shape index (κ1) is 26.6. The number of esters is 1. The lowest BCUT2D eigenvalue weighted by molar-refractivity contribution is -0.258. The maximum atomic E-state index is 13.3. The number of hydrogen-bond acceptors (Lipinski definition) is 8. The van der Waals surface area contributed by atoms with Crippen molar-refractivity contribution in [2.24, 2.45) is 0 Å². The SMILES string of the molecule is O=C1OC2(c3ccc(O)cc3Oc3cc(O)cc(OC(OCc4ccccc4)OCc4ccccc4)c32)c2ccccc21. The first-order valence-electron chi connectivity index (χ1n) is 13.7. The van der Waals surface area contributed by atoms with Crippen LogP contribution in [0.3, 0.4) is 0 Å². The van der Waals surface area contributed by atoms with Gasteiger partial charge in [-0.2, -0.15) is 0 Å². The molecule has 0 saturated heterocycles. The summed E-state index contributed by atoms with van der Waals surface area (Å²) in [4.78, 5) is 13.3. The van der Waals surface area contributed by atoms with E-state index in [4.69, 9.17) is 23.7 Å². The molecule has 2 N–H and O–H groups in total. The Morgan fingerprint density at radius 2 is 1.30 bits per heavy atom. The minimum Gasteiger partial charge on any atom is -0.508 e. The highest BCUT2D eigenvalue weighted by Gasteiger charge is 2.55. The van der Waals surface area contributed by atoms with Crippen molar-refractivity contribution in [1.29, 1.82) is 0 Å².